The molecular formula is C23H16FN5O2. The number of aromatic nitrogens is 4. The van der Waals surface area contributed by atoms with Gasteiger partial charge in [0.1, 0.15) is 11.6 Å². The molecule has 0 radical (unpaired) electrons. The minimum Gasteiger partial charge on any atom is -0.345 e. The summed E-state index contributed by atoms with van der Waals surface area (Å²) in [7, 11) is 0. The summed E-state index contributed by atoms with van der Waals surface area (Å²) in [4.78, 5) is 24.8. The number of nitrogens with zero attached hydrogens (tertiary/aromatic N) is 3. The van der Waals surface area contributed by atoms with Gasteiger partial charge in [0.05, 0.1) is 22.3 Å². The molecule has 3 heterocycles. The molecule has 2 N–H and O–H groups in total. The average molecular weight is 413 g/mol. The Morgan fingerprint density at radius 2 is 1.81 bits per heavy atom. The summed E-state index contributed by atoms with van der Waals surface area (Å²) in [6, 6.07) is 14.9. The largest absolute Gasteiger partial charge is 0.345 e. The van der Waals surface area contributed by atoms with E-state index >= 15 is 0 Å². The van der Waals surface area contributed by atoms with Crippen LogP contribution in [-0.4, -0.2) is 26.0 Å². The van der Waals surface area contributed by atoms with Crippen molar-refractivity contribution in [2.24, 2.45) is 0 Å². The molecular weight excluding hydrogens is 397 g/mol. The maximum atomic E-state index is 13.3. The fraction of sp³-hybridized carbons (Fsp3) is 0.0435. The van der Waals surface area contributed by atoms with E-state index in [1.807, 2.05) is 12.1 Å². The van der Waals surface area contributed by atoms with E-state index in [0.29, 0.717) is 33.6 Å². The first-order valence-electron chi connectivity index (χ1n) is 9.52. The van der Waals surface area contributed by atoms with Crippen LogP contribution < -0.4 is 5.32 Å². The summed E-state index contributed by atoms with van der Waals surface area (Å²) in [5.74, 6) is 0.0712. The molecule has 8 heteroatoms. The number of fused-ring (bicyclic) bond motifs is 1. The fourth-order valence-electron chi connectivity index (χ4n) is 3.38. The zero-order chi connectivity index (χ0) is 21.4. The van der Waals surface area contributed by atoms with E-state index in [1.54, 1.807) is 49.6 Å². The lowest BCUT2D eigenvalue weighted by molar-refractivity contribution is 0.102. The molecule has 3 aromatic heterocycles. The second-order valence-electron chi connectivity index (χ2n) is 6.98. The van der Waals surface area contributed by atoms with Gasteiger partial charge in [0.2, 0.25) is 0 Å². The van der Waals surface area contributed by atoms with E-state index < -0.39 is 0 Å². The van der Waals surface area contributed by atoms with E-state index in [9.17, 15) is 9.18 Å². The highest BCUT2D eigenvalue weighted by Gasteiger charge is 2.19. The van der Waals surface area contributed by atoms with E-state index in [4.69, 9.17) is 4.52 Å². The summed E-state index contributed by atoms with van der Waals surface area (Å²) in [6.07, 6.45) is 3.43. The molecule has 1 amide bonds. The van der Waals surface area contributed by atoms with Gasteiger partial charge in [-0.2, -0.15) is 0 Å². The second kappa shape index (κ2) is 7.49. The standard InChI is InChI=1S/C23H16FN5O2/c1-13-20-18(12-19(28-23(20)31-29-13)14-2-6-16(24)7-3-14)22(30)27-17-8-4-15(5-9-17)21-25-10-11-26-21/h2-12H,1H3,(H,25,26)(H,27,30). The van der Waals surface area contributed by atoms with Gasteiger partial charge in [-0.15, -0.1) is 0 Å². The van der Waals surface area contributed by atoms with Gasteiger partial charge in [-0.1, -0.05) is 5.16 Å². The molecule has 0 atom stereocenters. The lowest BCUT2D eigenvalue weighted by Crippen LogP contribution is -2.13. The summed E-state index contributed by atoms with van der Waals surface area (Å²) in [6.45, 7) is 1.75. The van der Waals surface area contributed by atoms with Crippen molar-refractivity contribution in [2.45, 2.75) is 6.92 Å². The predicted molar refractivity (Wildman–Crippen MR) is 114 cm³/mol. The van der Waals surface area contributed by atoms with Crippen LogP contribution in [0.5, 0.6) is 0 Å². The number of carbonyl (C=O) groups is 1. The maximum Gasteiger partial charge on any atom is 0.259 e. The Hall–Kier alpha value is -4.33. The summed E-state index contributed by atoms with van der Waals surface area (Å²) < 4.78 is 18.6. The SMILES string of the molecule is Cc1noc2nc(-c3ccc(F)cc3)cc(C(=O)Nc3ccc(-c4ncc[nH]4)cc3)c12. The lowest BCUT2D eigenvalue weighted by Gasteiger charge is -2.09. The van der Waals surface area contributed by atoms with Crippen LogP contribution in [0.1, 0.15) is 16.1 Å². The van der Waals surface area contributed by atoms with Crippen LogP contribution in [-0.2, 0) is 0 Å². The Balaban J connectivity index is 1.50. The summed E-state index contributed by atoms with van der Waals surface area (Å²) >= 11 is 0. The lowest BCUT2D eigenvalue weighted by atomic mass is 10.0. The molecule has 0 saturated heterocycles. The number of amides is 1. The molecule has 152 valence electrons. The number of hydrogen-bond donors (Lipinski definition) is 2. The van der Waals surface area contributed by atoms with E-state index in [1.165, 1.54) is 12.1 Å². The molecule has 0 aliphatic carbocycles. The number of benzene rings is 2. The number of halogens is 1. The van der Waals surface area contributed by atoms with Crippen LogP contribution in [0.25, 0.3) is 33.7 Å². The maximum absolute atomic E-state index is 13.3. The van der Waals surface area contributed by atoms with Gasteiger partial charge in [0, 0.05) is 29.2 Å². The highest BCUT2D eigenvalue weighted by molar-refractivity contribution is 6.13. The molecule has 0 saturated carbocycles. The highest BCUT2D eigenvalue weighted by atomic mass is 19.1. The van der Waals surface area contributed by atoms with Gasteiger partial charge in [0.25, 0.3) is 11.6 Å². The normalized spacial score (nSPS) is 11.0. The molecule has 2 aromatic carbocycles. The number of hydrogen-bond acceptors (Lipinski definition) is 5. The first-order chi connectivity index (χ1) is 15.1. The van der Waals surface area contributed by atoms with Crippen molar-refractivity contribution in [1.82, 2.24) is 20.1 Å². The third-order valence-corrected chi connectivity index (χ3v) is 4.92. The minimum atomic E-state index is -0.351. The number of aryl methyl sites for hydroxylation is 1. The summed E-state index contributed by atoms with van der Waals surface area (Å²) in [5.41, 5.74) is 3.86. The number of H-pyrrole nitrogens is 1. The number of imidazole rings is 1. The van der Waals surface area contributed by atoms with Crippen LogP contribution in [0.4, 0.5) is 10.1 Å². The van der Waals surface area contributed by atoms with Crippen LogP contribution >= 0.6 is 0 Å². The predicted octanol–water partition coefficient (Wildman–Crippen LogP) is 4.98. The van der Waals surface area contributed by atoms with Crippen molar-refractivity contribution in [3.8, 4) is 22.6 Å². The second-order valence-corrected chi connectivity index (χ2v) is 6.98. The minimum absolute atomic E-state index is 0.248. The van der Waals surface area contributed by atoms with Crippen LogP contribution in [0, 0.1) is 12.7 Å². The number of anilines is 1. The smallest absolute Gasteiger partial charge is 0.259 e. The van der Waals surface area contributed by atoms with Crippen LogP contribution in [0.3, 0.4) is 0 Å². The number of aromatic amines is 1. The van der Waals surface area contributed by atoms with Gasteiger partial charge in [-0.05, 0) is 61.5 Å². The highest BCUT2D eigenvalue weighted by Crippen LogP contribution is 2.28. The van der Waals surface area contributed by atoms with Gasteiger partial charge in [0.15, 0.2) is 0 Å². The molecule has 0 spiro atoms. The Labute approximate surface area is 176 Å². The molecule has 5 aromatic rings. The Morgan fingerprint density at radius 1 is 1.06 bits per heavy atom. The van der Waals surface area contributed by atoms with Gasteiger partial charge < -0.3 is 14.8 Å². The van der Waals surface area contributed by atoms with E-state index in [-0.39, 0.29) is 17.4 Å². The van der Waals surface area contributed by atoms with Crippen molar-refractivity contribution in [1.29, 1.82) is 0 Å². The van der Waals surface area contributed by atoms with Crippen molar-refractivity contribution < 1.29 is 13.7 Å². The number of nitrogens with one attached hydrogen (secondary N) is 2. The number of rotatable bonds is 4. The Kier molecular flexibility index (Phi) is 4.51. The number of carbonyl (C=O) groups excluding carboxylic acids is 1. The average Bonchev–Trinajstić information content (AvgIpc) is 3.45. The van der Waals surface area contributed by atoms with Gasteiger partial charge >= 0.3 is 0 Å². The third-order valence-electron chi connectivity index (χ3n) is 4.92. The monoisotopic (exact) mass is 413 g/mol. The van der Waals surface area contributed by atoms with E-state index in [2.05, 4.69) is 25.4 Å². The number of pyridine rings is 1. The molecule has 0 aliphatic rings. The van der Waals surface area contributed by atoms with Crippen molar-refractivity contribution in [3.63, 3.8) is 0 Å². The third kappa shape index (κ3) is 3.55. The van der Waals surface area contributed by atoms with Crippen molar-refractivity contribution >= 4 is 22.7 Å². The molecule has 31 heavy (non-hydrogen) atoms. The molecule has 0 aliphatic heterocycles. The Morgan fingerprint density at radius 3 is 2.52 bits per heavy atom. The molecule has 0 fully saturated rings. The topological polar surface area (TPSA) is 96.7 Å². The molecule has 0 bridgehead atoms. The van der Waals surface area contributed by atoms with E-state index in [0.717, 1.165) is 11.4 Å². The Bertz CT molecular complexity index is 1370. The van der Waals surface area contributed by atoms with Crippen LogP contribution in [0.15, 0.2) is 71.5 Å². The van der Waals surface area contributed by atoms with Crippen molar-refractivity contribution in [3.05, 3.63) is 84.1 Å². The van der Waals surface area contributed by atoms with Crippen molar-refractivity contribution in [2.75, 3.05) is 5.32 Å². The van der Waals surface area contributed by atoms with Gasteiger partial charge in [-0.25, -0.2) is 14.4 Å². The van der Waals surface area contributed by atoms with Gasteiger partial charge in [-0.3, -0.25) is 4.79 Å². The quantitative estimate of drug-likeness (QED) is 0.433. The molecule has 5 rings (SSSR count). The first kappa shape index (κ1) is 18.7. The zero-order valence-corrected chi connectivity index (χ0v) is 16.4. The first-order valence-corrected chi connectivity index (χ1v) is 9.52. The molecule has 0 unspecified atom stereocenters. The fourth-order valence-corrected chi connectivity index (χ4v) is 3.38. The zero-order valence-electron chi connectivity index (χ0n) is 16.4. The molecule has 7 nitrogen and oxygen atoms in total. The summed E-state index contributed by atoms with van der Waals surface area (Å²) in [5, 5.41) is 7.39. The van der Waals surface area contributed by atoms with Crippen LogP contribution in [0.2, 0.25) is 0 Å².